The van der Waals surface area contributed by atoms with Gasteiger partial charge in [0.25, 0.3) is 0 Å². The van der Waals surface area contributed by atoms with Crippen LogP contribution in [0.15, 0.2) is 24.4 Å². The van der Waals surface area contributed by atoms with Gasteiger partial charge in [0, 0.05) is 52.0 Å². The molecule has 0 radical (unpaired) electrons. The van der Waals surface area contributed by atoms with Crippen LogP contribution in [0.2, 0.25) is 0 Å². The highest BCUT2D eigenvalue weighted by atomic mass is 16.2. The molecule has 2 amide bonds. The Balaban J connectivity index is 1.69. The number of piperazine rings is 1. The van der Waals surface area contributed by atoms with Crippen LogP contribution in [0.5, 0.6) is 0 Å². The maximum atomic E-state index is 12.0. The van der Waals surface area contributed by atoms with Crippen molar-refractivity contribution in [2.24, 2.45) is 0 Å². The van der Waals surface area contributed by atoms with Gasteiger partial charge in [-0.3, -0.25) is 9.88 Å². The van der Waals surface area contributed by atoms with E-state index in [0.717, 1.165) is 45.0 Å². The van der Waals surface area contributed by atoms with E-state index in [0.29, 0.717) is 6.54 Å². The molecule has 2 heterocycles. The number of nitrogens with zero attached hydrogens (tertiary/aromatic N) is 4. The summed E-state index contributed by atoms with van der Waals surface area (Å²) in [5.74, 6) is 0. The Labute approximate surface area is 126 Å². The van der Waals surface area contributed by atoms with Crippen LogP contribution < -0.4 is 5.32 Å². The van der Waals surface area contributed by atoms with Crippen LogP contribution in [0.1, 0.15) is 5.69 Å². The van der Waals surface area contributed by atoms with E-state index in [4.69, 9.17) is 0 Å². The van der Waals surface area contributed by atoms with Gasteiger partial charge in [-0.1, -0.05) is 6.07 Å². The molecule has 6 nitrogen and oxygen atoms in total. The van der Waals surface area contributed by atoms with Crippen LogP contribution in [0.25, 0.3) is 0 Å². The van der Waals surface area contributed by atoms with Crippen molar-refractivity contribution < 1.29 is 4.79 Å². The minimum Gasteiger partial charge on any atom is -0.337 e. The maximum Gasteiger partial charge on any atom is 0.317 e. The van der Waals surface area contributed by atoms with Crippen molar-refractivity contribution in [3.05, 3.63) is 30.1 Å². The number of nitrogens with one attached hydrogen (secondary N) is 1. The fourth-order valence-corrected chi connectivity index (χ4v) is 2.33. The van der Waals surface area contributed by atoms with Gasteiger partial charge < -0.3 is 15.1 Å². The van der Waals surface area contributed by atoms with Gasteiger partial charge in [-0.25, -0.2) is 4.79 Å². The fourth-order valence-electron chi connectivity index (χ4n) is 2.33. The third kappa shape index (κ3) is 5.32. The molecule has 116 valence electrons. The highest BCUT2D eigenvalue weighted by Crippen LogP contribution is 2.06. The fraction of sp³-hybridized carbons (Fsp3) is 0.600. The molecule has 0 atom stereocenters. The van der Waals surface area contributed by atoms with Crippen molar-refractivity contribution in [1.82, 2.24) is 25.0 Å². The number of carbonyl (C=O) groups is 1. The van der Waals surface area contributed by atoms with Gasteiger partial charge in [-0.15, -0.1) is 0 Å². The van der Waals surface area contributed by atoms with Crippen LogP contribution >= 0.6 is 0 Å². The van der Waals surface area contributed by atoms with Crippen LogP contribution in [0, 0.1) is 0 Å². The summed E-state index contributed by atoms with van der Waals surface area (Å²) >= 11 is 0. The number of amides is 2. The van der Waals surface area contributed by atoms with E-state index in [-0.39, 0.29) is 6.03 Å². The van der Waals surface area contributed by atoms with Gasteiger partial charge >= 0.3 is 6.03 Å². The predicted molar refractivity (Wildman–Crippen MR) is 83.0 cm³/mol. The second kappa shape index (κ2) is 7.95. The highest BCUT2D eigenvalue weighted by Gasteiger charge is 2.20. The first-order valence-electron chi connectivity index (χ1n) is 7.45. The smallest absolute Gasteiger partial charge is 0.317 e. The molecule has 2 rings (SSSR count). The average molecular weight is 291 g/mol. The van der Waals surface area contributed by atoms with Crippen LogP contribution in [0.3, 0.4) is 0 Å². The summed E-state index contributed by atoms with van der Waals surface area (Å²) in [4.78, 5) is 22.6. The summed E-state index contributed by atoms with van der Waals surface area (Å²) in [5.41, 5.74) is 1.08. The number of rotatable bonds is 5. The van der Waals surface area contributed by atoms with Gasteiger partial charge in [-0.2, -0.15) is 0 Å². The lowest BCUT2D eigenvalue weighted by Crippen LogP contribution is -2.52. The largest absolute Gasteiger partial charge is 0.337 e. The minimum absolute atomic E-state index is 0.0503. The topological polar surface area (TPSA) is 51.7 Å². The number of likely N-dealkylation sites (N-methyl/N-ethyl adjacent to an activating group) is 1. The molecule has 1 saturated heterocycles. The van der Waals surface area contributed by atoms with Crippen LogP contribution in [0.4, 0.5) is 4.79 Å². The first-order chi connectivity index (χ1) is 10.1. The zero-order chi connectivity index (χ0) is 15.1. The molecule has 1 aromatic heterocycles. The normalized spacial score (nSPS) is 16.2. The first kappa shape index (κ1) is 15.7. The first-order valence-corrected chi connectivity index (χ1v) is 7.45. The van der Waals surface area contributed by atoms with Crippen molar-refractivity contribution in [2.45, 2.75) is 6.54 Å². The van der Waals surface area contributed by atoms with Crippen molar-refractivity contribution in [3.8, 4) is 0 Å². The molecule has 0 unspecified atom stereocenters. The standard InChI is InChI=1S/C15H25N5O/c1-18(2)8-7-17-15(21)20-11-9-19(10-12-20)13-14-5-3-4-6-16-14/h3-6H,7-13H2,1-2H3,(H,17,21). The average Bonchev–Trinajstić information content (AvgIpc) is 2.48. The molecule has 1 aliphatic heterocycles. The number of urea groups is 1. The Morgan fingerprint density at radius 1 is 1.29 bits per heavy atom. The number of hydrogen-bond acceptors (Lipinski definition) is 4. The molecule has 6 heteroatoms. The van der Waals surface area contributed by atoms with E-state index < -0.39 is 0 Å². The summed E-state index contributed by atoms with van der Waals surface area (Å²) in [5, 5.41) is 2.96. The Kier molecular flexibility index (Phi) is 5.95. The zero-order valence-corrected chi connectivity index (χ0v) is 13.0. The summed E-state index contributed by atoms with van der Waals surface area (Å²) in [6, 6.07) is 6.03. The van der Waals surface area contributed by atoms with Crippen molar-refractivity contribution >= 4 is 6.03 Å². The number of hydrogen-bond donors (Lipinski definition) is 1. The Bertz CT molecular complexity index is 429. The van der Waals surface area contributed by atoms with E-state index in [1.807, 2.05) is 43.4 Å². The molecule has 1 aliphatic rings. The molecule has 0 saturated carbocycles. The van der Waals surface area contributed by atoms with Gasteiger partial charge in [0.2, 0.25) is 0 Å². The van der Waals surface area contributed by atoms with E-state index in [2.05, 4.69) is 20.1 Å². The number of carbonyl (C=O) groups excluding carboxylic acids is 1. The Hall–Kier alpha value is -1.66. The monoisotopic (exact) mass is 291 g/mol. The van der Waals surface area contributed by atoms with E-state index in [1.165, 1.54) is 0 Å². The summed E-state index contributed by atoms with van der Waals surface area (Å²) in [6.45, 7) is 5.78. The maximum absolute atomic E-state index is 12.0. The molecular formula is C15H25N5O. The van der Waals surface area contributed by atoms with Gasteiger partial charge in [0.05, 0.1) is 5.69 Å². The quantitative estimate of drug-likeness (QED) is 0.857. The molecule has 1 fully saturated rings. The van der Waals surface area contributed by atoms with E-state index in [1.54, 1.807) is 0 Å². The van der Waals surface area contributed by atoms with Gasteiger partial charge in [0.15, 0.2) is 0 Å². The molecule has 1 N–H and O–H groups in total. The Morgan fingerprint density at radius 3 is 2.67 bits per heavy atom. The lowest BCUT2D eigenvalue weighted by molar-refractivity contribution is 0.134. The second-order valence-corrected chi connectivity index (χ2v) is 5.62. The molecular weight excluding hydrogens is 266 g/mol. The molecule has 21 heavy (non-hydrogen) atoms. The highest BCUT2D eigenvalue weighted by molar-refractivity contribution is 5.74. The number of pyridine rings is 1. The van der Waals surface area contributed by atoms with Crippen LogP contribution in [-0.4, -0.2) is 79.1 Å². The third-order valence-corrected chi connectivity index (χ3v) is 3.61. The van der Waals surface area contributed by atoms with E-state index in [9.17, 15) is 4.79 Å². The molecule has 0 spiro atoms. The van der Waals surface area contributed by atoms with Crippen molar-refractivity contribution in [3.63, 3.8) is 0 Å². The van der Waals surface area contributed by atoms with Crippen molar-refractivity contribution in [2.75, 3.05) is 53.4 Å². The predicted octanol–water partition coefficient (Wildman–Crippen LogP) is 0.470. The summed E-state index contributed by atoms with van der Waals surface area (Å²) in [6.07, 6.45) is 1.82. The minimum atomic E-state index is 0.0503. The van der Waals surface area contributed by atoms with Gasteiger partial charge in [0.1, 0.15) is 0 Å². The van der Waals surface area contributed by atoms with Crippen molar-refractivity contribution in [1.29, 1.82) is 0 Å². The second-order valence-electron chi connectivity index (χ2n) is 5.62. The molecule has 0 aliphatic carbocycles. The molecule has 0 aromatic carbocycles. The zero-order valence-electron chi connectivity index (χ0n) is 13.0. The summed E-state index contributed by atoms with van der Waals surface area (Å²) < 4.78 is 0. The molecule has 0 bridgehead atoms. The Morgan fingerprint density at radius 2 is 2.05 bits per heavy atom. The summed E-state index contributed by atoms with van der Waals surface area (Å²) in [7, 11) is 4.01. The third-order valence-electron chi connectivity index (χ3n) is 3.61. The van der Waals surface area contributed by atoms with E-state index >= 15 is 0 Å². The molecule has 1 aromatic rings. The SMILES string of the molecule is CN(C)CCNC(=O)N1CCN(Cc2ccccn2)CC1. The number of aromatic nitrogens is 1. The van der Waals surface area contributed by atoms with Crippen LogP contribution in [-0.2, 0) is 6.54 Å². The van der Waals surface area contributed by atoms with Gasteiger partial charge in [-0.05, 0) is 26.2 Å². The lowest BCUT2D eigenvalue weighted by Gasteiger charge is -2.34. The lowest BCUT2D eigenvalue weighted by atomic mass is 10.3.